The number of hydrogen-bond acceptors (Lipinski definition) is 3. The Kier molecular flexibility index (Phi) is 4.90. The molecule has 0 radical (unpaired) electrons. The van der Waals surface area contributed by atoms with Crippen LogP contribution in [-0.2, 0) is 4.79 Å². The van der Waals surface area contributed by atoms with Crippen LogP contribution in [0.4, 0.5) is 0 Å². The van der Waals surface area contributed by atoms with Crippen LogP contribution in [0.25, 0.3) is 0 Å². The molecule has 1 saturated heterocycles. The maximum Gasteiger partial charge on any atom is 0.218 e. The molecule has 0 bridgehead atoms. The predicted octanol–water partition coefficient (Wildman–Crippen LogP) is -0.0180. The van der Waals surface area contributed by atoms with Crippen LogP contribution in [0.5, 0.6) is 0 Å². The van der Waals surface area contributed by atoms with E-state index in [-0.39, 0.29) is 5.91 Å². The quantitative estimate of drug-likeness (QED) is 0.563. The first-order valence-electron chi connectivity index (χ1n) is 5.43. The molecular formula is C10H21N3O. The molecular weight excluding hydrogens is 178 g/mol. The van der Waals surface area contributed by atoms with Crippen molar-refractivity contribution < 1.29 is 4.79 Å². The van der Waals surface area contributed by atoms with Gasteiger partial charge < -0.3 is 16.4 Å². The van der Waals surface area contributed by atoms with E-state index < -0.39 is 0 Å². The van der Waals surface area contributed by atoms with Crippen molar-refractivity contribution in [2.75, 3.05) is 13.1 Å². The van der Waals surface area contributed by atoms with Gasteiger partial charge in [-0.1, -0.05) is 0 Å². The summed E-state index contributed by atoms with van der Waals surface area (Å²) in [7, 11) is 0. The Balaban J connectivity index is 2.03. The van der Waals surface area contributed by atoms with E-state index in [9.17, 15) is 4.79 Å². The van der Waals surface area contributed by atoms with Crippen LogP contribution < -0.4 is 16.4 Å². The Bertz CT molecular complexity index is 178. The molecule has 1 amide bonds. The van der Waals surface area contributed by atoms with E-state index in [1.54, 1.807) is 0 Å². The summed E-state index contributed by atoms with van der Waals surface area (Å²) >= 11 is 0. The van der Waals surface area contributed by atoms with E-state index in [4.69, 9.17) is 5.73 Å². The van der Waals surface area contributed by atoms with Crippen LogP contribution in [0.3, 0.4) is 0 Å². The zero-order valence-electron chi connectivity index (χ0n) is 8.88. The van der Waals surface area contributed by atoms with E-state index in [1.165, 1.54) is 12.8 Å². The van der Waals surface area contributed by atoms with Crippen molar-refractivity contribution in [1.29, 1.82) is 0 Å². The van der Waals surface area contributed by atoms with E-state index in [2.05, 4.69) is 17.6 Å². The van der Waals surface area contributed by atoms with Gasteiger partial charge in [0, 0.05) is 25.0 Å². The van der Waals surface area contributed by atoms with E-state index in [1.807, 2.05) is 0 Å². The molecule has 1 heterocycles. The SMILES string of the molecule is CC(CC1CCCN1)NCCC(N)=O. The highest BCUT2D eigenvalue weighted by Gasteiger charge is 2.16. The number of amides is 1. The minimum absolute atomic E-state index is 0.233. The Hall–Kier alpha value is -0.610. The van der Waals surface area contributed by atoms with Crippen molar-refractivity contribution >= 4 is 5.91 Å². The predicted molar refractivity (Wildman–Crippen MR) is 56.9 cm³/mol. The van der Waals surface area contributed by atoms with Gasteiger partial charge in [-0.15, -0.1) is 0 Å². The Morgan fingerprint density at radius 1 is 1.71 bits per heavy atom. The van der Waals surface area contributed by atoms with Crippen LogP contribution in [0.2, 0.25) is 0 Å². The van der Waals surface area contributed by atoms with Crippen LogP contribution in [-0.4, -0.2) is 31.1 Å². The van der Waals surface area contributed by atoms with Crippen LogP contribution in [0.15, 0.2) is 0 Å². The molecule has 0 aromatic rings. The fraction of sp³-hybridized carbons (Fsp3) is 0.900. The van der Waals surface area contributed by atoms with Gasteiger partial charge in [0.25, 0.3) is 0 Å². The first-order valence-corrected chi connectivity index (χ1v) is 5.43. The molecule has 0 aliphatic carbocycles. The Morgan fingerprint density at radius 3 is 3.07 bits per heavy atom. The molecule has 1 aliphatic heterocycles. The third-order valence-corrected chi connectivity index (χ3v) is 2.66. The molecule has 2 atom stereocenters. The molecule has 1 rings (SSSR count). The first-order chi connectivity index (χ1) is 6.68. The van der Waals surface area contributed by atoms with Crippen molar-refractivity contribution in [1.82, 2.24) is 10.6 Å². The molecule has 14 heavy (non-hydrogen) atoms. The highest BCUT2D eigenvalue weighted by atomic mass is 16.1. The highest BCUT2D eigenvalue weighted by molar-refractivity contribution is 5.73. The molecule has 4 N–H and O–H groups in total. The number of carbonyl (C=O) groups is 1. The fourth-order valence-corrected chi connectivity index (χ4v) is 1.91. The topological polar surface area (TPSA) is 67.2 Å². The molecule has 4 nitrogen and oxygen atoms in total. The van der Waals surface area contributed by atoms with Gasteiger partial charge in [0.05, 0.1) is 0 Å². The van der Waals surface area contributed by atoms with Crippen LogP contribution in [0.1, 0.15) is 32.6 Å². The largest absolute Gasteiger partial charge is 0.370 e. The first kappa shape index (κ1) is 11.5. The monoisotopic (exact) mass is 199 g/mol. The Labute approximate surface area is 85.6 Å². The van der Waals surface area contributed by atoms with Gasteiger partial charge in [0.1, 0.15) is 0 Å². The second-order valence-corrected chi connectivity index (χ2v) is 4.10. The van der Waals surface area contributed by atoms with Crippen molar-refractivity contribution in [2.45, 2.75) is 44.7 Å². The molecule has 2 unspecified atom stereocenters. The number of hydrogen-bond donors (Lipinski definition) is 3. The summed E-state index contributed by atoms with van der Waals surface area (Å²) in [5, 5.41) is 6.76. The smallest absolute Gasteiger partial charge is 0.218 e. The average Bonchev–Trinajstić information content (AvgIpc) is 2.56. The van der Waals surface area contributed by atoms with E-state index in [0.29, 0.717) is 25.0 Å². The third-order valence-electron chi connectivity index (χ3n) is 2.66. The average molecular weight is 199 g/mol. The van der Waals surface area contributed by atoms with Gasteiger partial charge in [-0.05, 0) is 32.7 Å². The normalized spacial score (nSPS) is 23.6. The standard InChI is InChI=1S/C10H21N3O/c1-8(12-6-4-10(11)14)7-9-3-2-5-13-9/h8-9,12-13H,2-7H2,1H3,(H2,11,14). The second-order valence-electron chi connectivity index (χ2n) is 4.10. The lowest BCUT2D eigenvalue weighted by molar-refractivity contribution is -0.117. The Morgan fingerprint density at radius 2 is 2.50 bits per heavy atom. The minimum atomic E-state index is -0.233. The summed E-state index contributed by atoms with van der Waals surface area (Å²) in [6, 6.07) is 1.12. The summed E-state index contributed by atoms with van der Waals surface area (Å²) in [6.07, 6.45) is 4.14. The number of nitrogens with one attached hydrogen (secondary N) is 2. The lowest BCUT2D eigenvalue weighted by Crippen LogP contribution is -2.35. The fourth-order valence-electron chi connectivity index (χ4n) is 1.91. The third kappa shape index (κ3) is 4.58. The molecule has 1 fully saturated rings. The van der Waals surface area contributed by atoms with Crippen molar-refractivity contribution in [3.63, 3.8) is 0 Å². The summed E-state index contributed by atoms with van der Waals surface area (Å²) in [4.78, 5) is 10.5. The van der Waals surface area contributed by atoms with Crippen molar-refractivity contribution in [2.24, 2.45) is 5.73 Å². The summed E-state index contributed by atoms with van der Waals surface area (Å²) in [5.41, 5.74) is 5.05. The molecule has 4 heteroatoms. The lowest BCUT2D eigenvalue weighted by Gasteiger charge is -2.17. The molecule has 1 aliphatic rings. The maximum absolute atomic E-state index is 10.5. The minimum Gasteiger partial charge on any atom is -0.370 e. The highest BCUT2D eigenvalue weighted by Crippen LogP contribution is 2.10. The van der Waals surface area contributed by atoms with Gasteiger partial charge >= 0.3 is 0 Å². The molecule has 0 aromatic carbocycles. The van der Waals surface area contributed by atoms with E-state index in [0.717, 1.165) is 13.0 Å². The summed E-state index contributed by atoms with van der Waals surface area (Å²) < 4.78 is 0. The second kappa shape index (κ2) is 5.98. The van der Waals surface area contributed by atoms with Gasteiger partial charge in [-0.3, -0.25) is 4.79 Å². The summed E-state index contributed by atoms with van der Waals surface area (Å²) in [5.74, 6) is -0.233. The number of carbonyl (C=O) groups excluding carboxylic acids is 1. The van der Waals surface area contributed by atoms with Crippen LogP contribution >= 0.6 is 0 Å². The van der Waals surface area contributed by atoms with Crippen molar-refractivity contribution in [3.05, 3.63) is 0 Å². The molecule has 0 spiro atoms. The van der Waals surface area contributed by atoms with Gasteiger partial charge in [0.15, 0.2) is 0 Å². The molecule has 0 aromatic heterocycles. The molecule has 82 valence electrons. The van der Waals surface area contributed by atoms with Crippen LogP contribution in [0, 0.1) is 0 Å². The van der Waals surface area contributed by atoms with Gasteiger partial charge in [-0.2, -0.15) is 0 Å². The summed E-state index contributed by atoms with van der Waals surface area (Å²) in [6.45, 7) is 4.00. The van der Waals surface area contributed by atoms with Gasteiger partial charge in [-0.25, -0.2) is 0 Å². The maximum atomic E-state index is 10.5. The molecule has 0 saturated carbocycles. The number of rotatable bonds is 6. The van der Waals surface area contributed by atoms with Gasteiger partial charge in [0.2, 0.25) is 5.91 Å². The zero-order chi connectivity index (χ0) is 10.4. The zero-order valence-corrected chi connectivity index (χ0v) is 8.88. The number of nitrogens with two attached hydrogens (primary N) is 1. The lowest BCUT2D eigenvalue weighted by atomic mass is 10.1. The van der Waals surface area contributed by atoms with E-state index >= 15 is 0 Å². The van der Waals surface area contributed by atoms with Crippen molar-refractivity contribution in [3.8, 4) is 0 Å². The number of primary amides is 1.